The number of nitrogens with zero attached hydrogens (tertiary/aromatic N) is 3. The number of hydrogen-bond acceptors (Lipinski definition) is 3. The summed E-state index contributed by atoms with van der Waals surface area (Å²) >= 11 is 2.05. The highest BCUT2D eigenvalue weighted by Gasteiger charge is 2.04. The fourth-order valence-corrected chi connectivity index (χ4v) is 1.13. The van der Waals surface area contributed by atoms with Crippen molar-refractivity contribution in [2.45, 2.75) is 20.1 Å². The number of aromatic nitrogens is 3. The first-order valence-electron chi connectivity index (χ1n) is 2.98. The maximum Gasteiger partial charge on any atom is 0.149 e. The Labute approximate surface area is 72.4 Å². The average molecular weight is 253 g/mol. The van der Waals surface area contributed by atoms with Crippen LogP contribution in [0.15, 0.2) is 0 Å². The summed E-state index contributed by atoms with van der Waals surface area (Å²) in [6.45, 7) is 2.67. The molecule has 0 aliphatic carbocycles. The molecule has 0 spiro atoms. The number of aryl methyl sites for hydroxylation is 1. The normalized spacial score (nSPS) is 10.3. The van der Waals surface area contributed by atoms with E-state index in [1.54, 1.807) is 4.80 Å². The van der Waals surface area contributed by atoms with E-state index in [-0.39, 0.29) is 6.61 Å². The molecule has 0 radical (unpaired) electrons. The Morgan fingerprint density at radius 1 is 1.60 bits per heavy atom. The molecule has 0 unspecified atom stereocenters. The van der Waals surface area contributed by atoms with E-state index in [0.717, 1.165) is 10.2 Å². The second kappa shape index (κ2) is 3.29. The molecule has 0 fully saturated rings. The van der Waals surface area contributed by atoms with Gasteiger partial charge in [0.25, 0.3) is 0 Å². The predicted octanol–water partition coefficient (Wildman–Crippen LogP) is 0.395. The summed E-state index contributed by atoms with van der Waals surface area (Å²) in [4.78, 5) is 1.56. The Hall–Kier alpha value is -0.170. The molecule has 1 rings (SSSR count). The molecule has 10 heavy (non-hydrogen) atoms. The van der Waals surface area contributed by atoms with Crippen LogP contribution in [0.4, 0.5) is 0 Å². The Bertz CT molecular complexity index is 223. The smallest absolute Gasteiger partial charge is 0.149 e. The van der Waals surface area contributed by atoms with E-state index >= 15 is 0 Å². The van der Waals surface area contributed by atoms with E-state index in [0.29, 0.717) is 5.69 Å². The van der Waals surface area contributed by atoms with Crippen LogP contribution in [0, 0.1) is 3.70 Å². The number of aliphatic hydroxyl groups excluding tert-OH is 1. The molecule has 1 aromatic heterocycles. The maximum atomic E-state index is 8.71. The maximum absolute atomic E-state index is 8.71. The summed E-state index contributed by atoms with van der Waals surface area (Å²) in [5, 5.41) is 16.7. The standard InChI is InChI=1S/C5H8IN3O/c1-2-9-7-4(3-10)5(6)8-9/h10H,2-3H2,1H3. The van der Waals surface area contributed by atoms with Crippen LogP contribution >= 0.6 is 22.6 Å². The van der Waals surface area contributed by atoms with Gasteiger partial charge in [0.2, 0.25) is 0 Å². The molecule has 0 aliphatic rings. The molecule has 4 nitrogen and oxygen atoms in total. The van der Waals surface area contributed by atoms with Crippen molar-refractivity contribution in [3.05, 3.63) is 9.39 Å². The van der Waals surface area contributed by atoms with Gasteiger partial charge in [0.05, 0.1) is 13.2 Å². The lowest BCUT2D eigenvalue weighted by Gasteiger charge is -1.87. The van der Waals surface area contributed by atoms with Crippen molar-refractivity contribution in [3.63, 3.8) is 0 Å². The third-order valence-corrected chi connectivity index (χ3v) is 1.95. The summed E-state index contributed by atoms with van der Waals surface area (Å²) in [6.07, 6.45) is 0. The van der Waals surface area contributed by atoms with Gasteiger partial charge >= 0.3 is 0 Å². The number of aliphatic hydroxyl groups is 1. The summed E-state index contributed by atoms with van der Waals surface area (Å²) in [6, 6.07) is 0. The highest BCUT2D eigenvalue weighted by atomic mass is 127. The van der Waals surface area contributed by atoms with Crippen LogP contribution in [-0.2, 0) is 13.2 Å². The third-order valence-electron chi connectivity index (χ3n) is 1.11. The van der Waals surface area contributed by atoms with E-state index in [1.807, 2.05) is 6.92 Å². The fourth-order valence-electron chi connectivity index (χ4n) is 0.600. The Morgan fingerprint density at radius 2 is 2.30 bits per heavy atom. The van der Waals surface area contributed by atoms with E-state index in [1.165, 1.54) is 0 Å². The van der Waals surface area contributed by atoms with Gasteiger partial charge in [0, 0.05) is 0 Å². The number of hydrogen-bond donors (Lipinski definition) is 1. The van der Waals surface area contributed by atoms with E-state index in [2.05, 4.69) is 32.8 Å². The molecule has 5 heteroatoms. The van der Waals surface area contributed by atoms with Gasteiger partial charge in [-0.15, -0.1) is 5.10 Å². The molecule has 0 saturated carbocycles. The quantitative estimate of drug-likeness (QED) is 0.776. The lowest BCUT2D eigenvalue weighted by atomic mass is 10.5. The Morgan fingerprint density at radius 3 is 2.60 bits per heavy atom. The van der Waals surface area contributed by atoms with Gasteiger partial charge in [-0.1, -0.05) is 0 Å². The van der Waals surface area contributed by atoms with Crippen molar-refractivity contribution < 1.29 is 5.11 Å². The van der Waals surface area contributed by atoms with Gasteiger partial charge < -0.3 is 5.11 Å². The molecule has 0 atom stereocenters. The molecule has 0 aliphatic heterocycles. The lowest BCUT2D eigenvalue weighted by molar-refractivity contribution is 0.274. The molecule has 0 amide bonds. The van der Waals surface area contributed by atoms with Gasteiger partial charge in [0.1, 0.15) is 9.39 Å². The van der Waals surface area contributed by atoms with Crippen LogP contribution in [0.1, 0.15) is 12.6 Å². The lowest BCUT2D eigenvalue weighted by Crippen LogP contribution is -1.98. The second-order valence-corrected chi connectivity index (χ2v) is 2.81. The van der Waals surface area contributed by atoms with Crippen LogP contribution in [0.3, 0.4) is 0 Å². The van der Waals surface area contributed by atoms with E-state index in [9.17, 15) is 0 Å². The van der Waals surface area contributed by atoms with Crippen LogP contribution < -0.4 is 0 Å². The zero-order valence-corrected chi connectivity index (χ0v) is 7.74. The highest BCUT2D eigenvalue weighted by molar-refractivity contribution is 14.1. The minimum atomic E-state index is -0.0295. The summed E-state index contributed by atoms with van der Waals surface area (Å²) in [5.74, 6) is 0. The first-order chi connectivity index (χ1) is 4.77. The van der Waals surface area contributed by atoms with Crippen molar-refractivity contribution in [1.82, 2.24) is 15.0 Å². The average Bonchev–Trinajstić information content (AvgIpc) is 2.30. The van der Waals surface area contributed by atoms with Crippen molar-refractivity contribution in [1.29, 1.82) is 0 Å². The van der Waals surface area contributed by atoms with E-state index in [4.69, 9.17) is 5.11 Å². The van der Waals surface area contributed by atoms with Gasteiger partial charge in [-0.05, 0) is 29.5 Å². The second-order valence-electron chi connectivity index (χ2n) is 1.78. The summed E-state index contributed by atoms with van der Waals surface area (Å²) in [7, 11) is 0. The van der Waals surface area contributed by atoms with Crippen molar-refractivity contribution in [2.24, 2.45) is 0 Å². The van der Waals surface area contributed by atoms with Gasteiger partial charge in [0.15, 0.2) is 0 Å². The molecular weight excluding hydrogens is 245 g/mol. The molecule has 0 bridgehead atoms. The zero-order valence-electron chi connectivity index (χ0n) is 5.58. The monoisotopic (exact) mass is 253 g/mol. The van der Waals surface area contributed by atoms with Gasteiger partial charge in [-0.25, -0.2) is 0 Å². The molecule has 56 valence electrons. The number of rotatable bonds is 2. The largest absolute Gasteiger partial charge is 0.390 e. The van der Waals surface area contributed by atoms with Gasteiger partial charge in [-0.3, -0.25) is 0 Å². The third kappa shape index (κ3) is 1.46. The van der Waals surface area contributed by atoms with Crippen LogP contribution in [-0.4, -0.2) is 20.1 Å². The summed E-state index contributed by atoms with van der Waals surface area (Å²) < 4.78 is 0.780. The molecule has 0 aromatic carbocycles. The molecule has 0 saturated heterocycles. The van der Waals surface area contributed by atoms with Crippen LogP contribution in [0.2, 0.25) is 0 Å². The first kappa shape index (κ1) is 7.93. The molecular formula is C5H8IN3O. The van der Waals surface area contributed by atoms with Crippen molar-refractivity contribution in [3.8, 4) is 0 Å². The molecule has 1 aromatic rings. The highest BCUT2D eigenvalue weighted by Crippen LogP contribution is 2.04. The number of halogens is 1. The Balaban J connectivity index is 2.92. The minimum Gasteiger partial charge on any atom is -0.390 e. The van der Waals surface area contributed by atoms with Crippen molar-refractivity contribution >= 4 is 22.6 Å². The Kier molecular flexibility index (Phi) is 2.61. The SMILES string of the molecule is CCn1nc(I)c(CO)n1. The van der Waals surface area contributed by atoms with Gasteiger partial charge in [-0.2, -0.15) is 9.90 Å². The minimum absolute atomic E-state index is 0.0295. The predicted molar refractivity (Wildman–Crippen MR) is 44.3 cm³/mol. The topological polar surface area (TPSA) is 50.9 Å². The fraction of sp³-hybridized carbons (Fsp3) is 0.600. The molecule has 1 N–H and O–H groups in total. The van der Waals surface area contributed by atoms with Crippen LogP contribution in [0.25, 0.3) is 0 Å². The summed E-state index contributed by atoms with van der Waals surface area (Å²) in [5.41, 5.74) is 0.655. The van der Waals surface area contributed by atoms with Crippen LogP contribution in [0.5, 0.6) is 0 Å². The van der Waals surface area contributed by atoms with E-state index < -0.39 is 0 Å². The first-order valence-corrected chi connectivity index (χ1v) is 4.06. The molecule has 1 heterocycles. The zero-order chi connectivity index (χ0) is 7.56. The van der Waals surface area contributed by atoms with Crippen molar-refractivity contribution in [2.75, 3.05) is 0 Å².